The van der Waals surface area contributed by atoms with E-state index in [1.54, 1.807) is 132 Å². The van der Waals surface area contributed by atoms with Crippen molar-refractivity contribution in [1.82, 2.24) is 0 Å². The van der Waals surface area contributed by atoms with E-state index in [0.29, 0.717) is 149 Å². The first kappa shape index (κ1) is 69.7. The van der Waals surface area contributed by atoms with Crippen molar-refractivity contribution in [1.29, 1.82) is 0 Å². The summed E-state index contributed by atoms with van der Waals surface area (Å²) in [6.07, 6.45) is 0. The number of benzene rings is 8. The van der Waals surface area contributed by atoms with Crippen LogP contribution in [-0.2, 0) is 0 Å². The van der Waals surface area contributed by atoms with Crippen molar-refractivity contribution in [3.63, 3.8) is 0 Å². The first-order valence-corrected chi connectivity index (χ1v) is 26.6. The molecule has 0 atom stereocenters. The number of hydrogen-bond donors (Lipinski definition) is 4. The van der Waals surface area contributed by atoms with Crippen LogP contribution >= 0.6 is 0 Å². The molecule has 0 amide bonds. The summed E-state index contributed by atoms with van der Waals surface area (Å²) < 4.78 is 107. The zero-order valence-corrected chi connectivity index (χ0v) is 53.3. The number of phenolic OH excluding ortho intramolecular Hbond substituents is 4. The van der Waals surface area contributed by atoms with Crippen LogP contribution in [0.3, 0.4) is 0 Å². The van der Waals surface area contributed by atoms with Gasteiger partial charge in [-0.15, -0.1) is 0 Å². The average molecular weight is 1250 g/mol. The molecule has 0 heterocycles. The minimum Gasteiger partial charge on any atom is -0.508 e. The predicted octanol–water partition coefficient (Wildman–Crippen LogP) is 12.6. The first-order chi connectivity index (χ1) is 43.4. The predicted molar refractivity (Wildman–Crippen MR) is 334 cm³/mol. The van der Waals surface area contributed by atoms with Crippen LogP contribution in [0.15, 0.2) is 109 Å². The molecule has 0 aromatic heterocycles. The van der Waals surface area contributed by atoms with E-state index in [4.69, 9.17) is 94.7 Å². The Kier molecular flexibility index (Phi) is 26.2. The second kappa shape index (κ2) is 33.8. The molecule has 0 saturated heterocycles. The van der Waals surface area contributed by atoms with Gasteiger partial charge >= 0.3 is 0 Å². The van der Waals surface area contributed by atoms with Crippen molar-refractivity contribution in [2.75, 3.05) is 128 Å². The fraction of sp³-hybridized carbons (Fsp3) is 0.273. The number of rotatable bonds is 24. The Labute approximate surface area is 522 Å². The molecule has 8 aromatic carbocycles. The lowest BCUT2D eigenvalue weighted by atomic mass is 10.00. The van der Waals surface area contributed by atoms with Crippen LogP contribution in [0.25, 0.3) is 22.3 Å². The number of methoxy groups -OCH3 is 18. The zero-order valence-electron chi connectivity index (χ0n) is 53.3. The van der Waals surface area contributed by atoms with E-state index in [9.17, 15) is 20.4 Å². The summed E-state index contributed by atoms with van der Waals surface area (Å²) >= 11 is 0. The highest BCUT2D eigenvalue weighted by Crippen LogP contribution is 2.53. The standard InChI is InChI=1S/2C17H20O6.2C16H18O6/c1-18-11-6-12(19-2)8-14(7-11)23-17-15(21-4)9-13(20-3)10-16(17)22-5;1-19-11-8-14(22-4)17(15(9-11)23-5)16-12(20-2)6-10(18)7-13(16)21-3;1-18-11-7-12(19-2)9-13(8-11)22-16-14(20-3)5-10(17)6-15(16)21-4;1-19-11-5-9(17)6-12(20-2)15(11)16-13(21-3)7-10(18)8-14(16)22-4/h6-10H,1-5H3;6-9,18H,1-5H3;5-9,17H,1-4H3;5-8,17-18H,1-4H3. The topological polar surface area (TPSA) is 266 Å². The van der Waals surface area contributed by atoms with Crippen LogP contribution in [0.1, 0.15) is 0 Å². The normalized spacial score (nSPS) is 10.1. The number of hydrogen-bond acceptors (Lipinski definition) is 24. The maximum absolute atomic E-state index is 9.82. The molecule has 0 radical (unpaired) electrons. The summed E-state index contributed by atoms with van der Waals surface area (Å²) in [7, 11) is 27.5. The van der Waals surface area contributed by atoms with Crippen LogP contribution in [0.2, 0.25) is 0 Å². The third kappa shape index (κ3) is 17.1. The summed E-state index contributed by atoms with van der Waals surface area (Å²) in [4.78, 5) is 0. The van der Waals surface area contributed by atoms with Crippen molar-refractivity contribution in [2.24, 2.45) is 0 Å². The van der Waals surface area contributed by atoms with Gasteiger partial charge in [0.1, 0.15) is 115 Å². The molecule has 8 rings (SSSR count). The highest BCUT2D eigenvalue weighted by Gasteiger charge is 2.26. The van der Waals surface area contributed by atoms with Gasteiger partial charge in [-0.25, -0.2) is 0 Å². The van der Waals surface area contributed by atoms with Gasteiger partial charge in [0.15, 0.2) is 23.0 Å². The molecule has 4 N–H and O–H groups in total. The van der Waals surface area contributed by atoms with Gasteiger partial charge in [0.2, 0.25) is 11.5 Å². The summed E-state index contributed by atoms with van der Waals surface area (Å²) in [5.41, 5.74) is 2.36. The lowest BCUT2D eigenvalue weighted by molar-refractivity contribution is 0.335. The Balaban J connectivity index is 0.000000218. The molecule has 0 fully saturated rings. The molecule has 0 unspecified atom stereocenters. The van der Waals surface area contributed by atoms with Crippen molar-refractivity contribution < 1.29 is 115 Å². The number of ether oxygens (including phenoxy) is 20. The molecular formula is C66H76O24. The van der Waals surface area contributed by atoms with E-state index < -0.39 is 0 Å². The number of aromatic hydroxyl groups is 4. The van der Waals surface area contributed by atoms with Crippen molar-refractivity contribution in [3.05, 3.63) is 109 Å². The van der Waals surface area contributed by atoms with Crippen LogP contribution in [-0.4, -0.2) is 148 Å². The smallest absolute Gasteiger partial charge is 0.211 e. The third-order valence-electron chi connectivity index (χ3n) is 12.9. The van der Waals surface area contributed by atoms with E-state index in [0.717, 1.165) is 0 Å². The Morgan fingerprint density at radius 3 is 0.500 bits per heavy atom. The third-order valence-corrected chi connectivity index (χ3v) is 12.9. The van der Waals surface area contributed by atoms with Gasteiger partial charge in [0, 0.05) is 109 Å². The molecule has 0 aliphatic heterocycles. The maximum Gasteiger partial charge on any atom is 0.211 e. The van der Waals surface area contributed by atoms with Crippen LogP contribution in [0, 0.1) is 0 Å². The summed E-state index contributed by atoms with van der Waals surface area (Å²) in [6, 6.07) is 29.0. The van der Waals surface area contributed by atoms with Crippen molar-refractivity contribution in [3.8, 4) is 172 Å². The molecule has 0 aliphatic rings. The second-order valence-electron chi connectivity index (χ2n) is 17.9. The minimum atomic E-state index is 0.00848. The highest BCUT2D eigenvalue weighted by molar-refractivity contribution is 5.88. The van der Waals surface area contributed by atoms with Crippen molar-refractivity contribution >= 4 is 0 Å². The molecule has 0 spiro atoms. The van der Waals surface area contributed by atoms with Gasteiger partial charge in [0.25, 0.3) is 0 Å². The largest absolute Gasteiger partial charge is 0.508 e. The van der Waals surface area contributed by atoms with E-state index in [2.05, 4.69) is 0 Å². The van der Waals surface area contributed by atoms with Crippen LogP contribution in [0.4, 0.5) is 0 Å². The van der Waals surface area contributed by atoms with E-state index in [-0.39, 0.29) is 23.0 Å². The summed E-state index contributed by atoms with van der Waals surface area (Å²) in [6.45, 7) is 0. The lowest BCUT2D eigenvalue weighted by Gasteiger charge is -2.19. The minimum absolute atomic E-state index is 0.00848. The zero-order chi connectivity index (χ0) is 66.2. The van der Waals surface area contributed by atoms with Crippen LogP contribution in [0.5, 0.6) is 149 Å². The molecule has 0 bridgehead atoms. The molecule has 24 nitrogen and oxygen atoms in total. The van der Waals surface area contributed by atoms with Crippen molar-refractivity contribution in [2.45, 2.75) is 0 Å². The molecule has 0 aliphatic carbocycles. The molecule has 484 valence electrons. The van der Waals surface area contributed by atoms with Gasteiger partial charge in [-0.2, -0.15) is 0 Å². The summed E-state index contributed by atoms with van der Waals surface area (Å²) in [5.74, 6) is 10.6. The van der Waals surface area contributed by atoms with Gasteiger partial charge in [-0.1, -0.05) is 0 Å². The van der Waals surface area contributed by atoms with Gasteiger partial charge < -0.3 is 115 Å². The summed E-state index contributed by atoms with van der Waals surface area (Å²) in [5, 5.41) is 39.0. The fourth-order valence-electron chi connectivity index (χ4n) is 8.64. The number of phenols is 4. The Morgan fingerprint density at radius 1 is 0.167 bits per heavy atom. The monoisotopic (exact) mass is 1250 g/mol. The van der Waals surface area contributed by atoms with Gasteiger partial charge in [-0.3, -0.25) is 0 Å². The molecular weight excluding hydrogens is 1180 g/mol. The maximum atomic E-state index is 9.82. The second-order valence-corrected chi connectivity index (χ2v) is 17.9. The SMILES string of the molecule is COc1cc(O)cc(OC)c1-c1c(OC)cc(O)cc1OC.COc1cc(OC)c(-c2c(OC)cc(O)cc2OC)c(OC)c1.COc1cc(OC)cc(Oc2c(OC)cc(O)cc2OC)c1.COc1cc(OC)cc(Oc2c(OC)cc(OC)cc2OC)c1. The van der Waals surface area contributed by atoms with Crippen LogP contribution < -0.4 is 94.7 Å². The molecule has 90 heavy (non-hydrogen) atoms. The van der Waals surface area contributed by atoms with E-state index >= 15 is 0 Å². The molecule has 0 saturated carbocycles. The quantitative estimate of drug-likeness (QED) is 0.0438. The van der Waals surface area contributed by atoms with Gasteiger partial charge in [-0.05, 0) is 0 Å². The lowest BCUT2D eigenvalue weighted by Crippen LogP contribution is -1.99. The first-order valence-electron chi connectivity index (χ1n) is 26.6. The average Bonchev–Trinajstić information content (AvgIpc) is 0.905. The molecule has 8 aromatic rings. The molecule has 24 heteroatoms. The van der Waals surface area contributed by atoms with E-state index in [1.165, 1.54) is 105 Å². The Morgan fingerprint density at radius 2 is 0.311 bits per heavy atom. The Bertz CT molecular complexity index is 3390. The highest BCUT2D eigenvalue weighted by atomic mass is 16.6. The fourth-order valence-corrected chi connectivity index (χ4v) is 8.64. The Hall–Kier alpha value is -11.0. The van der Waals surface area contributed by atoms with Gasteiger partial charge in [0.05, 0.1) is 150 Å². The van der Waals surface area contributed by atoms with E-state index in [1.807, 2.05) is 0 Å².